The van der Waals surface area contributed by atoms with Crippen LogP contribution in [0.2, 0.25) is 0 Å². The molecule has 0 heterocycles. The third kappa shape index (κ3) is 5.45. The van der Waals surface area contributed by atoms with Gasteiger partial charge in [0.2, 0.25) is 0 Å². The SMILES string of the molecule is CCSCCN(CCC(=O)O)c1ccc(C)cc1. The lowest BCUT2D eigenvalue weighted by molar-refractivity contribution is -0.136. The molecular formula is C14H21NO2S. The van der Waals surface area contributed by atoms with Crippen LogP contribution in [0.4, 0.5) is 5.69 Å². The van der Waals surface area contributed by atoms with Crippen LogP contribution in [0.15, 0.2) is 24.3 Å². The molecule has 0 fully saturated rings. The van der Waals surface area contributed by atoms with Crippen LogP contribution in [-0.4, -0.2) is 35.7 Å². The Bertz CT molecular complexity index is 365. The summed E-state index contributed by atoms with van der Waals surface area (Å²) in [4.78, 5) is 12.8. The van der Waals surface area contributed by atoms with Crippen LogP contribution in [0.3, 0.4) is 0 Å². The van der Waals surface area contributed by atoms with Crippen molar-refractivity contribution in [1.29, 1.82) is 0 Å². The lowest BCUT2D eigenvalue weighted by Crippen LogP contribution is -2.28. The molecule has 100 valence electrons. The third-order valence-corrected chi connectivity index (χ3v) is 3.58. The zero-order valence-corrected chi connectivity index (χ0v) is 11.9. The lowest BCUT2D eigenvalue weighted by atomic mass is 10.2. The molecule has 0 aliphatic rings. The molecule has 0 saturated carbocycles. The van der Waals surface area contributed by atoms with Gasteiger partial charge in [-0.15, -0.1) is 0 Å². The zero-order chi connectivity index (χ0) is 13.4. The number of carboxylic acid groups (broad SMARTS) is 1. The Morgan fingerprint density at radius 2 is 1.94 bits per heavy atom. The zero-order valence-electron chi connectivity index (χ0n) is 11.1. The Kier molecular flexibility index (Phi) is 6.65. The number of carboxylic acids is 1. The van der Waals surface area contributed by atoms with Gasteiger partial charge in [0.05, 0.1) is 6.42 Å². The fourth-order valence-electron chi connectivity index (χ4n) is 1.68. The Morgan fingerprint density at radius 3 is 2.50 bits per heavy atom. The first kappa shape index (κ1) is 14.9. The van der Waals surface area contributed by atoms with E-state index in [0.29, 0.717) is 6.54 Å². The number of anilines is 1. The standard InChI is InChI=1S/C14H21NO2S/c1-3-18-11-10-15(9-8-14(16)17)13-6-4-12(2)5-7-13/h4-7H,3,8-11H2,1-2H3,(H,16,17). The van der Waals surface area contributed by atoms with Gasteiger partial charge in [-0.25, -0.2) is 0 Å². The number of rotatable bonds is 8. The number of thioether (sulfide) groups is 1. The van der Waals surface area contributed by atoms with Gasteiger partial charge in [0.25, 0.3) is 0 Å². The number of aryl methyl sites for hydroxylation is 1. The van der Waals surface area contributed by atoms with Crippen LogP contribution in [0.25, 0.3) is 0 Å². The van der Waals surface area contributed by atoms with E-state index in [1.165, 1.54) is 5.56 Å². The van der Waals surface area contributed by atoms with Crippen LogP contribution in [0, 0.1) is 6.92 Å². The third-order valence-electron chi connectivity index (χ3n) is 2.70. The van der Waals surface area contributed by atoms with Crippen LogP contribution < -0.4 is 4.90 Å². The van der Waals surface area contributed by atoms with Crippen molar-refractivity contribution in [2.45, 2.75) is 20.3 Å². The first-order valence-corrected chi connectivity index (χ1v) is 7.40. The van der Waals surface area contributed by atoms with E-state index in [2.05, 4.69) is 43.0 Å². The molecule has 0 radical (unpaired) electrons. The highest BCUT2D eigenvalue weighted by atomic mass is 32.2. The van der Waals surface area contributed by atoms with Crippen LogP contribution in [-0.2, 0) is 4.79 Å². The van der Waals surface area contributed by atoms with Gasteiger partial charge in [-0.3, -0.25) is 4.79 Å². The fourth-order valence-corrected chi connectivity index (χ4v) is 2.31. The van der Waals surface area contributed by atoms with Crippen LogP contribution in [0.5, 0.6) is 0 Å². The van der Waals surface area contributed by atoms with Gasteiger partial charge < -0.3 is 10.0 Å². The van der Waals surface area contributed by atoms with Gasteiger partial charge in [-0.1, -0.05) is 24.6 Å². The Balaban J connectivity index is 2.62. The van der Waals surface area contributed by atoms with Gasteiger partial charge in [0.1, 0.15) is 0 Å². The molecule has 0 aliphatic carbocycles. The molecule has 0 bridgehead atoms. The highest BCUT2D eigenvalue weighted by molar-refractivity contribution is 7.99. The summed E-state index contributed by atoms with van der Waals surface area (Å²) >= 11 is 1.88. The highest BCUT2D eigenvalue weighted by Crippen LogP contribution is 2.16. The molecule has 0 aliphatic heterocycles. The summed E-state index contributed by atoms with van der Waals surface area (Å²) in [6.07, 6.45) is 0.185. The first-order chi connectivity index (χ1) is 8.63. The number of hydrogen-bond donors (Lipinski definition) is 1. The number of nitrogens with zero attached hydrogens (tertiary/aromatic N) is 1. The predicted molar refractivity (Wildman–Crippen MR) is 78.6 cm³/mol. The van der Waals surface area contributed by atoms with E-state index >= 15 is 0 Å². The number of aliphatic carboxylic acids is 1. The van der Waals surface area contributed by atoms with Gasteiger partial charge in [-0.2, -0.15) is 11.8 Å². The van der Waals surface area contributed by atoms with E-state index in [4.69, 9.17) is 5.11 Å². The summed E-state index contributed by atoms with van der Waals surface area (Å²) in [5, 5.41) is 8.79. The molecule has 4 heteroatoms. The summed E-state index contributed by atoms with van der Waals surface area (Å²) in [6, 6.07) is 8.26. The Morgan fingerprint density at radius 1 is 1.28 bits per heavy atom. The van der Waals surface area contributed by atoms with Crippen molar-refractivity contribution >= 4 is 23.4 Å². The normalized spacial score (nSPS) is 10.3. The quantitative estimate of drug-likeness (QED) is 0.735. The molecule has 0 atom stereocenters. The lowest BCUT2D eigenvalue weighted by Gasteiger charge is -2.24. The second-order valence-corrected chi connectivity index (χ2v) is 5.56. The molecule has 1 aromatic carbocycles. The van der Waals surface area contributed by atoms with E-state index in [9.17, 15) is 4.79 Å². The molecule has 0 unspecified atom stereocenters. The molecule has 18 heavy (non-hydrogen) atoms. The van der Waals surface area contributed by atoms with Gasteiger partial charge in [0.15, 0.2) is 0 Å². The predicted octanol–water partition coefficient (Wildman–Crippen LogP) is 3.03. The number of benzene rings is 1. The van der Waals surface area contributed by atoms with E-state index < -0.39 is 5.97 Å². The summed E-state index contributed by atoms with van der Waals surface area (Å²) < 4.78 is 0. The molecule has 0 saturated heterocycles. The average molecular weight is 267 g/mol. The first-order valence-electron chi connectivity index (χ1n) is 6.24. The summed E-state index contributed by atoms with van der Waals surface area (Å²) in [5.41, 5.74) is 2.33. The summed E-state index contributed by atoms with van der Waals surface area (Å²) in [5.74, 6) is 1.39. The largest absolute Gasteiger partial charge is 0.481 e. The second-order valence-electron chi connectivity index (χ2n) is 4.16. The van der Waals surface area contributed by atoms with Crippen molar-refractivity contribution in [1.82, 2.24) is 0 Å². The van der Waals surface area contributed by atoms with Gasteiger partial charge in [0, 0.05) is 24.5 Å². The molecular weight excluding hydrogens is 246 g/mol. The molecule has 1 rings (SSSR count). The Hall–Kier alpha value is -1.16. The van der Waals surface area contributed by atoms with Crippen molar-refractivity contribution in [3.63, 3.8) is 0 Å². The molecule has 0 amide bonds. The van der Waals surface area contributed by atoms with Gasteiger partial charge >= 0.3 is 5.97 Å². The Labute approximate surface area is 113 Å². The van der Waals surface area contributed by atoms with Crippen LogP contribution >= 0.6 is 11.8 Å². The smallest absolute Gasteiger partial charge is 0.305 e. The molecule has 0 aromatic heterocycles. The van der Waals surface area contributed by atoms with Crippen molar-refractivity contribution in [3.05, 3.63) is 29.8 Å². The van der Waals surface area contributed by atoms with Crippen molar-refractivity contribution in [2.75, 3.05) is 29.5 Å². The molecule has 0 spiro atoms. The van der Waals surface area contributed by atoms with Crippen molar-refractivity contribution in [3.8, 4) is 0 Å². The fraction of sp³-hybridized carbons (Fsp3) is 0.500. The highest BCUT2D eigenvalue weighted by Gasteiger charge is 2.08. The minimum absolute atomic E-state index is 0.185. The monoisotopic (exact) mass is 267 g/mol. The van der Waals surface area contributed by atoms with Crippen LogP contribution in [0.1, 0.15) is 18.9 Å². The maximum absolute atomic E-state index is 10.7. The maximum atomic E-state index is 10.7. The van der Waals surface area contributed by atoms with E-state index in [-0.39, 0.29) is 6.42 Å². The second kappa shape index (κ2) is 8.03. The van der Waals surface area contributed by atoms with E-state index in [0.717, 1.165) is 23.7 Å². The van der Waals surface area contributed by atoms with Gasteiger partial charge in [-0.05, 0) is 24.8 Å². The maximum Gasteiger partial charge on any atom is 0.305 e. The molecule has 1 aromatic rings. The summed E-state index contributed by atoms with van der Waals surface area (Å²) in [7, 11) is 0. The minimum atomic E-state index is -0.741. The van der Waals surface area contributed by atoms with Crippen molar-refractivity contribution < 1.29 is 9.90 Å². The topological polar surface area (TPSA) is 40.5 Å². The van der Waals surface area contributed by atoms with E-state index in [1.54, 1.807) is 0 Å². The number of carbonyl (C=O) groups is 1. The molecule has 3 nitrogen and oxygen atoms in total. The minimum Gasteiger partial charge on any atom is -0.481 e. The number of hydrogen-bond acceptors (Lipinski definition) is 3. The average Bonchev–Trinajstić information content (AvgIpc) is 2.34. The molecule has 1 N–H and O–H groups in total. The van der Waals surface area contributed by atoms with Crippen molar-refractivity contribution in [2.24, 2.45) is 0 Å². The summed E-state index contributed by atoms with van der Waals surface area (Å²) in [6.45, 7) is 5.66. The van der Waals surface area contributed by atoms with E-state index in [1.807, 2.05) is 11.8 Å².